The van der Waals surface area contributed by atoms with Gasteiger partial charge in [0, 0.05) is 45.2 Å². The lowest BCUT2D eigenvalue weighted by Gasteiger charge is -2.34. The standard InChI is InChI=1S/C14H20N4O2/c1-11(19)18-8-6-17(7-9-18)10-12-4-2-3-5-13(12)14(20)16-15/h2-5H,6-10,15H2,1H3,(H,16,20). The third-order valence-electron chi connectivity index (χ3n) is 3.60. The molecular weight excluding hydrogens is 256 g/mol. The Morgan fingerprint density at radius 2 is 1.85 bits per heavy atom. The number of hydrazine groups is 1. The van der Waals surface area contributed by atoms with Crippen LogP contribution in [0.4, 0.5) is 0 Å². The van der Waals surface area contributed by atoms with Gasteiger partial charge in [-0.05, 0) is 11.6 Å². The number of amides is 2. The van der Waals surface area contributed by atoms with E-state index in [0.717, 1.165) is 31.7 Å². The molecule has 2 rings (SSSR count). The molecule has 0 atom stereocenters. The van der Waals surface area contributed by atoms with E-state index in [0.29, 0.717) is 12.1 Å². The Kier molecular flexibility index (Phi) is 4.70. The van der Waals surface area contributed by atoms with Crippen molar-refractivity contribution >= 4 is 11.8 Å². The Labute approximate surface area is 118 Å². The Bertz CT molecular complexity index is 496. The maximum Gasteiger partial charge on any atom is 0.265 e. The molecule has 3 N–H and O–H groups in total. The number of nitrogen functional groups attached to an aromatic ring is 1. The average Bonchev–Trinajstić information content (AvgIpc) is 2.47. The minimum atomic E-state index is -0.275. The third-order valence-corrected chi connectivity index (χ3v) is 3.60. The number of benzene rings is 1. The fourth-order valence-corrected chi connectivity index (χ4v) is 2.42. The van der Waals surface area contributed by atoms with Gasteiger partial charge in [-0.25, -0.2) is 5.84 Å². The summed E-state index contributed by atoms with van der Waals surface area (Å²) < 4.78 is 0. The molecule has 1 saturated heterocycles. The topological polar surface area (TPSA) is 78.7 Å². The van der Waals surface area contributed by atoms with Crippen molar-refractivity contribution in [2.75, 3.05) is 26.2 Å². The predicted octanol–water partition coefficient (Wildman–Crippen LogP) is -0.0458. The first-order valence-electron chi connectivity index (χ1n) is 6.68. The number of rotatable bonds is 3. The van der Waals surface area contributed by atoms with Gasteiger partial charge < -0.3 is 4.90 Å². The second kappa shape index (κ2) is 6.49. The molecule has 0 aromatic heterocycles. The lowest BCUT2D eigenvalue weighted by atomic mass is 10.1. The summed E-state index contributed by atoms with van der Waals surface area (Å²) in [7, 11) is 0. The summed E-state index contributed by atoms with van der Waals surface area (Å²) in [6.45, 7) is 5.39. The van der Waals surface area contributed by atoms with Crippen LogP contribution in [0.1, 0.15) is 22.8 Å². The molecule has 1 fully saturated rings. The number of nitrogens with two attached hydrogens (primary N) is 1. The highest BCUT2D eigenvalue weighted by molar-refractivity contribution is 5.95. The largest absolute Gasteiger partial charge is 0.340 e. The summed E-state index contributed by atoms with van der Waals surface area (Å²) in [6, 6.07) is 7.43. The van der Waals surface area contributed by atoms with Gasteiger partial charge in [0.05, 0.1) is 0 Å². The molecule has 108 valence electrons. The van der Waals surface area contributed by atoms with Crippen molar-refractivity contribution in [3.05, 3.63) is 35.4 Å². The highest BCUT2D eigenvalue weighted by Gasteiger charge is 2.20. The molecule has 0 radical (unpaired) electrons. The van der Waals surface area contributed by atoms with E-state index in [4.69, 9.17) is 5.84 Å². The van der Waals surface area contributed by atoms with Crippen LogP contribution in [0.5, 0.6) is 0 Å². The van der Waals surface area contributed by atoms with E-state index >= 15 is 0 Å². The summed E-state index contributed by atoms with van der Waals surface area (Å²) >= 11 is 0. The minimum absolute atomic E-state index is 0.118. The van der Waals surface area contributed by atoms with E-state index in [1.165, 1.54) is 0 Å². The van der Waals surface area contributed by atoms with E-state index in [1.807, 2.05) is 23.1 Å². The van der Waals surface area contributed by atoms with E-state index in [2.05, 4.69) is 10.3 Å². The smallest absolute Gasteiger partial charge is 0.265 e. The monoisotopic (exact) mass is 276 g/mol. The van der Waals surface area contributed by atoms with Crippen LogP contribution in [0, 0.1) is 0 Å². The molecule has 0 spiro atoms. The molecule has 0 aliphatic carbocycles. The Morgan fingerprint density at radius 1 is 1.20 bits per heavy atom. The van der Waals surface area contributed by atoms with Crippen molar-refractivity contribution in [3.8, 4) is 0 Å². The van der Waals surface area contributed by atoms with Crippen LogP contribution in [-0.2, 0) is 11.3 Å². The molecule has 6 nitrogen and oxygen atoms in total. The van der Waals surface area contributed by atoms with Crippen molar-refractivity contribution in [2.24, 2.45) is 5.84 Å². The maximum absolute atomic E-state index is 11.7. The summed E-state index contributed by atoms with van der Waals surface area (Å²) in [5.74, 6) is 5.04. The number of hydrogen-bond donors (Lipinski definition) is 2. The second-order valence-electron chi connectivity index (χ2n) is 4.91. The van der Waals surface area contributed by atoms with Gasteiger partial charge in [-0.3, -0.25) is 19.9 Å². The summed E-state index contributed by atoms with van der Waals surface area (Å²) in [5, 5.41) is 0. The number of piperazine rings is 1. The molecule has 6 heteroatoms. The van der Waals surface area contributed by atoms with Crippen LogP contribution in [-0.4, -0.2) is 47.8 Å². The first-order chi connectivity index (χ1) is 9.61. The van der Waals surface area contributed by atoms with Crippen molar-refractivity contribution < 1.29 is 9.59 Å². The van der Waals surface area contributed by atoms with Crippen LogP contribution in [0.2, 0.25) is 0 Å². The Balaban J connectivity index is 2.01. The van der Waals surface area contributed by atoms with Gasteiger partial charge >= 0.3 is 0 Å². The summed E-state index contributed by atoms with van der Waals surface area (Å²) in [5.41, 5.74) is 3.72. The van der Waals surface area contributed by atoms with E-state index in [9.17, 15) is 9.59 Å². The number of nitrogens with zero attached hydrogens (tertiary/aromatic N) is 2. The summed E-state index contributed by atoms with van der Waals surface area (Å²) in [4.78, 5) is 27.1. The molecule has 0 unspecified atom stereocenters. The van der Waals surface area contributed by atoms with Crippen molar-refractivity contribution in [1.29, 1.82) is 0 Å². The Morgan fingerprint density at radius 3 is 2.45 bits per heavy atom. The molecule has 2 amide bonds. The number of hydrogen-bond acceptors (Lipinski definition) is 4. The van der Waals surface area contributed by atoms with E-state index in [-0.39, 0.29) is 11.8 Å². The molecule has 1 aromatic carbocycles. The van der Waals surface area contributed by atoms with Gasteiger partial charge in [-0.2, -0.15) is 0 Å². The molecule has 1 heterocycles. The van der Waals surface area contributed by atoms with Crippen molar-refractivity contribution in [2.45, 2.75) is 13.5 Å². The SMILES string of the molecule is CC(=O)N1CCN(Cc2ccccc2C(=O)NN)CC1. The molecule has 1 aliphatic heterocycles. The van der Waals surface area contributed by atoms with Gasteiger partial charge in [-0.15, -0.1) is 0 Å². The van der Waals surface area contributed by atoms with Gasteiger partial charge in [0.1, 0.15) is 0 Å². The maximum atomic E-state index is 11.7. The van der Waals surface area contributed by atoms with Crippen LogP contribution in [0.25, 0.3) is 0 Å². The normalized spacial score (nSPS) is 16.0. The fraction of sp³-hybridized carbons (Fsp3) is 0.429. The van der Waals surface area contributed by atoms with E-state index in [1.54, 1.807) is 13.0 Å². The van der Waals surface area contributed by atoms with Crippen molar-refractivity contribution in [3.63, 3.8) is 0 Å². The first kappa shape index (κ1) is 14.5. The van der Waals surface area contributed by atoms with Gasteiger partial charge in [0.15, 0.2) is 0 Å². The van der Waals surface area contributed by atoms with Crippen LogP contribution in [0.3, 0.4) is 0 Å². The Hall–Kier alpha value is -1.92. The minimum Gasteiger partial charge on any atom is -0.340 e. The van der Waals surface area contributed by atoms with Gasteiger partial charge in [0.2, 0.25) is 5.91 Å². The lowest BCUT2D eigenvalue weighted by molar-refractivity contribution is -0.130. The third kappa shape index (κ3) is 3.34. The van der Waals surface area contributed by atoms with Crippen molar-refractivity contribution in [1.82, 2.24) is 15.2 Å². The quantitative estimate of drug-likeness (QED) is 0.461. The highest BCUT2D eigenvalue weighted by Crippen LogP contribution is 2.13. The molecule has 0 saturated carbocycles. The molecule has 1 aliphatic rings. The van der Waals surface area contributed by atoms with Crippen LogP contribution in [0.15, 0.2) is 24.3 Å². The predicted molar refractivity (Wildman–Crippen MR) is 75.6 cm³/mol. The fourth-order valence-electron chi connectivity index (χ4n) is 2.42. The van der Waals surface area contributed by atoms with E-state index < -0.39 is 0 Å². The molecular formula is C14H20N4O2. The molecule has 20 heavy (non-hydrogen) atoms. The number of carbonyl (C=O) groups excluding carboxylic acids is 2. The van der Waals surface area contributed by atoms with Crippen LogP contribution >= 0.6 is 0 Å². The summed E-state index contributed by atoms with van der Waals surface area (Å²) in [6.07, 6.45) is 0. The zero-order valence-corrected chi connectivity index (χ0v) is 11.6. The zero-order valence-electron chi connectivity index (χ0n) is 11.6. The average molecular weight is 276 g/mol. The zero-order chi connectivity index (χ0) is 14.5. The first-order valence-corrected chi connectivity index (χ1v) is 6.68. The number of carbonyl (C=O) groups is 2. The second-order valence-corrected chi connectivity index (χ2v) is 4.91. The molecule has 0 bridgehead atoms. The lowest BCUT2D eigenvalue weighted by Crippen LogP contribution is -2.47. The van der Waals surface area contributed by atoms with Gasteiger partial charge in [-0.1, -0.05) is 18.2 Å². The van der Waals surface area contributed by atoms with Gasteiger partial charge in [0.25, 0.3) is 5.91 Å². The van der Waals surface area contributed by atoms with Crippen LogP contribution < -0.4 is 11.3 Å². The highest BCUT2D eigenvalue weighted by atomic mass is 16.2. The number of nitrogens with one attached hydrogen (secondary N) is 1. The molecule has 1 aromatic rings.